The number of fused-ring (bicyclic) bond motifs is 5. The number of alkyl halides is 1. The summed E-state index contributed by atoms with van der Waals surface area (Å²) >= 11 is 5.78. The first-order valence-corrected chi connectivity index (χ1v) is 10.3. The van der Waals surface area contributed by atoms with E-state index in [1.807, 2.05) is 6.92 Å². The third-order valence-electron chi connectivity index (χ3n) is 8.39. The first-order chi connectivity index (χ1) is 12.2. The fourth-order valence-corrected chi connectivity index (χ4v) is 7.18. The van der Waals surface area contributed by atoms with Crippen molar-refractivity contribution in [1.29, 1.82) is 0 Å². The maximum absolute atomic E-state index is 13.3. The molecule has 4 aliphatic rings. The average molecular weight is 379 g/mol. The molecule has 4 rings (SSSR count). The number of carbonyl (C=O) groups excluding carboxylic acids is 3. The Morgan fingerprint density at radius 2 is 1.96 bits per heavy atom. The van der Waals surface area contributed by atoms with E-state index in [1.54, 1.807) is 6.08 Å². The van der Waals surface area contributed by atoms with Gasteiger partial charge >= 0.3 is 0 Å². The summed E-state index contributed by atoms with van der Waals surface area (Å²) in [6.07, 6.45) is 6.11. The van der Waals surface area contributed by atoms with Crippen molar-refractivity contribution in [1.82, 2.24) is 0 Å². The molecule has 0 saturated heterocycles. The fraction of sp³-hybridized carbons (Fsp3) is 0.762. The average Bonchev–Trinajstić information content (AvgIpc) is 2.86. The zero-order valence-electron chi connectivity index (χ0n) is 15.5. The number of hydrogen-bond donors (Lipinski definition) is 1. The molecular weight excluding hydrogens is 352 g/mol. The number of rotatable bonds is 2. The summed E-state index contributed by atoms with van der Waals surface area (Å²) in [5.74, 6) is -0.00484. The third-order valence-corrected chi connectivity index (χ3v) is 8.63. The Kier molecular flexibility index (Phi) is 4.06. The topological polar surface area (TPSA) is 71.4 Å². The van der Waals surface area contributed by atoms with Crippen molar-refractivity contribution in [2.75, 3.05) is 5.88 Å². The molecule has 5 heteroatoms. The summed E-state index contributed by atoms with van der Waals surface area (Å²) in [4.78, 5) is 37.7. The zero-order valence-corrected chi connectivity index (χ0v) is 16.3. The Labute approximate surface area is 159 Å². The Bertz CT molecular complexity index is 728. The molecule has 6 atom stereocenters. The van der Waals surface area contributed by atoms with E-state index < -0.39 is 11.0 Å². The van der Waals surface area contributed by atoms with Gasteiger partial charge in [0.15, 0.2) is 11.6 Å². The van der Waals surface area contributed by atoms with Crippen molar-refractivity contribution in [3.8, 4) is 0 Å². The highest BCUT2D eigenvalue weighted by Crippen LogP contribution is 2.66. The quantitative estimate of drug-likeness (QED) is 0.749. The van der Waals surface area contributed by atoms with E-state index in [9.17, 15) is 19.5 Å². The molecule has 0 aromatic rings. The molecule has 0 heterocycles. The van der Waals surface area contributed by atoms with E-state index in [2.05, 4.69) is 6.92 Å². The van der Waals surface area contributed by atoms with Gasteiger partial charge in [-0.15, -0.1) is 11.6 Å². The minimum absolute atomic E-state index is 0.0953. The van der Waals surface area contributed by atoms with Crippen molar-refractivity contribution < 1.29 is 19.5 Å². The van der Waals surface area contributed by atoms with Crippen LogP contribution in [0.1, 0.15) is 58.8 Å². The monoisotopic (exact) mass is 378 g/mol. The lowest BCUT2D eigenvalue weighted by Crippen LogP contribution is -2.60. The molecule has 0 spiro atoms. The van der Waals surface area contributed by atoms with Crippen LogP contribution in [0.5, 0.6) is 0 Å². The van der Waals surface area contributed by atoms with Crippen LogP contribution < -0.4 is 0 Å². The minimum atomic E-state index is -1.49. The predicted octanol–water partition coefficient (Wildman–Crippen LogP) is 3.24. The van der Waals surface area contributed by atoms with E-state index >= 15 is 0 Å². The third kappa shape index (κ3) is 2.15. The lowest BCUT2D eigenvalue weighted by Gasteiger charge is -2.57. The van der Waals surface area contributed by atoms with Gasteiger partial charge in [-0.25, -0.2) is 0 Å². The molecule has 0 unspecified atom stereocenters. The summed E-state index contributed by atoms with van der Waals surface area (Å²) in [7, 11) is 0. The van der Waals surface area contributed by atoms with Crippen LogP contribution in [0.3, 0.4) is 0 Å². The van der Waals surface area contributed by atoms with Gasteiger partial charge in [-0.05, 0) is 55.4 Å². The molecule has 0 radical (unpaired) electrons. The molecule has 0 aliphatic heterocycles. The van der Waals surface area contributed by atoms with Crippen molar-refractivity contribution in [2.24, 2.45) is 28.6 Å². The van der Waals surface area contributed by atoms with Gasteiger partial charge in [0.2, 0.25) is 0 Å². The van der Waals surface area contributed by atoms with E-state index in [-0.39, 0.29) is 52.8 Å². The summed E-state index contributed by atoms with van der Waals surface area (Å²) in [5, 5.41) is 11.2. The maximum Gasteiger partial charge on any atom is 0.179 e. The van der Waals surface area contributed by atoms with Crippen LogP contribution in [0.4, 0.5) is 0 Å². The van der Waals surface area contributed by atoms with Gasteiger partial charge < -0.3 is 5.11 Å². The second-order valence-electron chi connectivity index (χ2n) is 9.36. The number of Topliss-reactive ketones (excluding diaryl/α,β-unsaturated/α-hetero) is 2. The van der Waals surface area contributed by atoms with E-state index in [1.165, 1.54) is 0 Å². The molecule has 0 aromatic carbocycles. The lowest BCUT2D eigenvalue weighted by atomic mass is 9.46. The van der Waals surface area contributed by atoms with Gasteiger partial charge in [-0.1, -0.05) is 19.4 Å². The maximum atomic E-state index is 13.3. The summed E-state index contributed by atoms with van der Waals surface area (Å²) in [6.45, 7) is 4.06. The van der Waals surface area contributed by atoms with Crippen molar-refractivity contribution >= 4 is 29.0 Å². The van der Waals surface area contributed by atoms with Crippen LogP contribution in [0.15, 0.2) is 11.6 Å². The van der Waals surface area contributed by atoms with Crippen LogP contribution in [-0.4, -0.2) is 33.9 Å². The molecule has 1 N–H and O–H groups in total. The van der Waals surface area contributed by atoms with Gasteiger partial charge in [0.1, 0.15) is 11.4 Å². The van der Waals surface area contributed by atoms with Crippen LogP contribution in [-0.2, 0) is 14.4 Å². The van der Waals surface area contributed by atoms with Gasteiger partial charge in [-0.3, -0.25) is 14.4 Å². The second-order valence-corrected chi connectivity index (χ2v) is 9.62. The molecule has 0 amide bonds. The summed E-state index contributed by atoms with van der Waals surface area (Å²) < 4.78 is 0. The van der Waals surface area contributed by atoms with Gasteiger partial charge in [0, 0.05) is 24.2 Å². The van der Waals surface area contributed by atoms with Crippen molar-refractivity contribution in [2.45, 2.75) is 64.4 Å². The summed E-state index contributed by atoms with van der Waals surface area (Å²) in [6, 6.07) is 0. The molecule has 3 fully saturated rings. The van der Waals surface area contributed by atoms with Crippen molar-refractivity contribution in [3.63, 3.8) is 0 Å². The summed E-state index contributed by atoms with van der Waals surface area (Å²) in [5.41, 5.74) is -1.32. The van der Waals surface area contributed by atoms with Crippen LogP contribution in [0.25, 0.3) is 0 Å². The molecule has 4 aliphatic carbocycles. The molecule has 0 bridgehead atoms. The number of halogens is 1. The molecule has 3 saturated carbocycles. The lowest BCUT2D eigenvalue weighted by molar-refractivity contribution is -0.167. The molecular formula is C21H27ClO4. The number of aliphatic hydroxyl groups is 1. The number of carbonyl (C=O) groups is 3. The molecule has 0 aromatic heterocycles. The normalized spacial score (nSPS) is 47.7. The highest BCUT2D eigenvalue weighted by Gasteiger charge is 2.68. The highest BCUT2D eigenvalue weighted by molar-refractivity contribution is 6.29. The van der Waals surface area contributed by atoms with Gasteiger partial charge in [0.25, 0.3) is 0 Å². The SMILES string of the molecule is C[C@]12CCC(=O)C=C1CC[C@@H]1[C@@H]2C(=O)C[C@@]2(C)[C@H]1CC[C@]2(O)C(=O)CCl. The molecule has 142 valence electrons. The number of hydrogen-bond acceptors (Lipinski definition) is 4. The van der Waals surface area contributed by atoms with Crippen LogP contribution >= 0.6 is 11.6 Å². The Balaban J connectivity index is 1.75. The smallest absolute Gasteiger partial charge is 0.179 e. The molecule has 4 nitrogen and oxygen atoms in total. The Morgan fingerprint density at radius 3 is 2.65 bits per heavy atom. The highest BCUT2D eigenvalue weighted by atomic mass is 35.5. The zero-order chi connectivity index (χ0) is 18.9. The van der Waals surface area contributed by atoms with Gasteiger partial charge in [0.05, 0.1) is 5.88 Å². The van der Waals surface area contributed by atoms with E-state index in [4.69, 9.17) is 11.6 Å². The van der Waals surface area contributed by atoms with Crippen LogP contribution in [0.2, 0.25) is 0 Å². The minimum Gasteiger partial charge on any atom is -0.381 e. The van der Waals surface area contributed by atoms with Gasteiger partial charge in [-0.2, -0.15) is 0 Å². The largest absolute Gasteiger partial charge is 0.381 e. The molecule has 26 heavy (non-hydrogen) atoms. The first-order valence-electron chi connectivity index (χ1n) is 9.75. The van der Waals surface area contributed by atoms with E-state index in [0.717, 1.165) is 31.3 Å². The Morgan fingerprint density at radius 1 is 1.23 bits per heavy atom. The van der Waals surface area contributed by atoms with E-state index in [0.29, 0.717) is 12.8 Å². The van der Waals surface area contributed by atoms with Crippen molar-refractivity contribution in [3.05, 3.63) is 11.6 Å². The second kappa shape index (κ2) is 5.75. The number of allylic oxidation sites excluding steroid dienone is 1. The Hall–Kier alpha value is -1.00. The first kappa shape index (κ1) is 18.4. The standard InChI is InChI=1S/C21H27ClO4/c1-19-7-5-13(23)9-12(19)3-4-14-15-6-8-21(26,17(25)11-22)20(15,2)10-16(24)18(14)19/h9,14-15,18,26H,3-8,10-11H2,1-2H3/t14-,15-,18+,19-,20-,21-/m0/s1. The van der Waals surface area contributed by atoms with Crippen LogP contribution in [0, 0.1) is 28.6 Å². The number of ketones is 3. The predicted molar refractivity (Wildman–Crippen MR) is 97.8 cm³/mol. The fourth-order valence-electron chi connectivity index (χ4n) is 6.96.